The minimum Gasteiger partial charge on any atom is -0.392 e. The zero-order chi connectivity index (χ0) is 21.1. The fourth-order valence-corrected chi connectivity index (χ4v) is 4.56. The molecule has 2 N–H and O–H groups in total. The van der Waals surface area contributed by atoms with E-state index in [-0.39, 0.29) is 11.5 Å². The number of hydrogen-bond donors (Lipinski definition) is 2. The van der Waals surface area contributed by atoms with Crippen LogP contribution < -0.4 is 9.84 Å². The monoisotopic (exact) mass is 416 g/mol. The molecule has 29 heavy (non-hydrogen) atoms. The summed E-state index contributed by atoms with van der Waals surface area (Å²) in [7, 11) is -3.51. The Morgan fingerprint density at radius 2 is 1.76 bits per heavy atom. The van der Waals surface area contributed by atoms with Crippen LogP contribution in [0.4, 0.5) is 5.69 Å². The van der Waals surface area contributed by atoms with Crippen molar-refractivity contribution in [1.29, 1.82) is 0 Å². The highest BCUT2D eigenvalue weighted by Crippen LogP contribution is 2.52. The normalized spacial score (nSPS) is 16.2. The summed E-state index contributed by atoms with van der Waals surface area (Å²) in [6.07, 6.45) is 4.82. The molecular weight excluding hydrogens is 388 g/mol. The van der Waals surface area contributed by atoms with Gasteiger partial charge in [-0.2, -0.15) is 0 Å². The van der Waals surface area contributed by atoms with Crippen LogP contribution in [0.5, 0.6) is 0 Å². The van der Waals surface area contributed by atoms with Crippen LogP contribution in [-0.4, -0.2) is 38.7 Å². The first-order chi connectivity index (χ1) is 13.8. The number of aliphatic hydroxyl groups is 1. The van der Waals surface area contributed by atoms with Gasteiger partial charge < -0.3 is 5.11 Å². The molecule has 1 unspecified atom stereocenters. The number of aldehydes is 1. The molecule has 2 aromatic rings. The maximum absolute atomic E-state index is 12.3. The van der Waals surface area contributed by atoms with Crippen LogP contribution >= 0.6 is 0 Å². The summed E-state index contributed by atoms with van der Waals surface area (Å²) in [5.41, 5.74) is 6.02. The molecule has 0 saturated heterocycles. The molecule has 156 valence electrons. The van der Waals surface area contributed by atoms with Crippen LogP contribution in [0.3, 0.4) is 0 Å². The first-order valence-corrected chi connectivity index (χ1v) is 11.7. The maximum Gasteiger partial charge on any atom is 0.245 e. The van der Waals surface area contributed by atoms with E-state index in [2.05, 4.69) is 5.43 Å². The van der Waals surface area contributed by atoms with E-state index in [1.807, 2.05) is 31.2 Å². The second-order valence-electron chi connectivity index (χ2n) is 7.67. The Hall–Kier alpha value is -2.22. The molecule has 0 heterocycles. The highest BCUT2D eigenvalue weighted by Gasteiger charge is 2.49. The van der Waals surface area contributed by atoms with Gasteiger partial charge in [0, 0.05) is 17.5 Å². The van der Waals surface area contributed by atoms with Crippen molar-refractivity contribution in [1.82, 2.24) is 5.43 Å². The van der Waals surface area contributed by atoms with Gasteiger partial charge >= 0.3 is 0 Å². The van der Waals surface area contributed by atoms with E-state index in [1.54, 1.807) is 24.3 Å². The van der Waals surface area contributed by atoms with Gasteiger partial charge in [-0.25, -0.2) is 18.3 Å². The Morgan fingerprint density at radius 3 is 2.24 bits per heavy atom. The van der Waals surface area contributed by atoms with Gasteiger partial charge in [-0.15, -0.1) is 0 Å². The Labute approximate surface area is 172 Å². The van der Waals surface area contributed by atoms with Crippen LogP contribution in [-0.2, 0) is 21.9 Å². The van der Waals surface area contributed by atoms with E-state index < -0.39 is 10.0 Å². The fraction of sp³-hybridized carbons (Fsp3) is 0.409. The predicted octanol–water partition coefficient (Wildman–Crippen LogP) is 2.81. The van der Waals surface area contributed by atoms with Crippen LogP contribution in [0.1, 0.15) is 47.7 Å². The van der Waals surface area contributed by atoms with Gasteiger partial charge in [-0.05, 0) is 48.9 Å². The summed E-state index contributed by atoms with van der Waals surface area (Å²) in [5, 5.41) is 10.3. The lowest BCUT2D eigenvalue weighted by atomic mass is 9.88. The molecule has 0 aliphatic heterocycles. The van der Waals surface area contributed by atoms with Crippen molar-refractivity contribution in [2.75, 3.05) is 17.2 Å². The summed E-state index contributed by atoms with van der Waals surface area (Å²) < 4.78 is 25.8. The third-order valence-corrected chi connectivity index (χ3v) is 6.61. The number of hydrazine groups is 1. The number of sulfonamides is 1. The molecule has 2 aromatic carbocycles. The molecule has 0 amide bonds. The zero-order valence-electron chi connectivity index (χ0n) is 16.8. The molecule has 1 saturated carbocycles. The van der Waals surface area contributed by atoms with E-state index in [4.69, 9.17) is 0 Å². The lowest BCUT2D eigenvalue weighted by molar-refractivity contribution is 0.112. The fourth-order valence-electron chi connectivity index (χ4n) is 3.73. The average Bonchev–Trinajstić information content (AvgIpc) is 3.52. The highest BCUT2D eigenvalue weighted by atomic mass is 32.2. The first kappa shape index (κ1) is 21.5. The van der Waals surface area contributed by atoms with Crippen molar-refractivity contribution >= 4 is 22.0 Å². The number of nitrogens with zero attached hydrogens (tertiary/aromatic N) is 1. The van der Waals surface area contributed by atoms with Crippen molar-refractivity contribution in [3.8, 4) is 0 Å². The predicted molar refractivity (Wildman–Crippen MR) is 115 cm³/mol. The van der Waals surface area contributed by atoms with Crippen LogP contribution in [0, 0.1) is 0 Å². The molecule has 1 aliphatic rings. The Morgan fingerprint density at radius 1 is 1.14 bits per heavy atom. The van der Waals surface area contributed by atoms with Gasteiger partial charge in [-0.3, -0.25) is 4.79 Å². The molecule has 6 nitrogen and oxygen atoms in total. The number of anilines is 1. The maximum atomic E-state index is 12.3. The third-order valence-electron chi connectivity index (χ3n) is 5.61. The van der Waals surface area contributed by atoms with E-state index in [9.17, 15) is 18.3 Å². The lowest BCUT2D eigenvalue weighted by Gasteiger charge is -2.25. The van der Waals surface area contributed by atoms with Gasteiger partial charge in [0.05, 0.1) is 18.0 Å². The van der Waals surface area contributed by atoms with Gasteiger partial charge in [0.15, 0.2) is 0 Å². The second kappa shape index (κ2) is 8.65. The minimum atomic E-state index is -3.51. The van der Waals surface area contributed by atoms with Crippen molar-refractivity contribution < 1.29 is 18.3 Å². The number of rotatable bonds is 10. The van der Waals surface area contributed by atoms with Crippen molar-refractivity contribution in [2.24, 2.45) is 0 Å². The number of aliphatic hydroxyl groups excluding tert-OH is 1. The largest absolute Gasteiger partial charge is 0.392 e. The summed E-state index contributed by atoms with van der Waals surface area (Å²) in [5.74, 6) is 0. The van der Waals surface area contributed by atoms with E-state index in [1.165, 1.54) is 4.41 Å². The van der Waals surface area contributed by atoms with Gasteiger partial charge in [0.2, 0.25) is 10.0 Å². The first-order valence-electron chi connectivity index (χ1n) is 9.86. The van der Waals surface area contributed by atoms with E-state index in [0.29, 0.717) is 30.6 Å². The standard InChI is InChI=1S/C22H28N2O4S/c1-3-21(26)22(13-14-22)19-8-10-20(11-9-19)24(29(2,27)28)23-15-12-17-4-6-18(16-25)7-5-17/h4-11,16,21,23,26H,3,12-15H2,1-2H3. The van der Waals surface area contributed by atoms with E-state index in [0.717, 1.165) is 36.5 Å². The Balaban J connectivity index is 1.69. The molecule has 1 aliphatic carbocycles. The van der Waals surface area contributed by atoms with E-state index >= 15 is 0 Å². The third kappa shape index (κ3) is 4.86. The molecule has 0 radical (unpaired) electrons. The Kier molecular flexibility index (Phi) is 6.41. The van der Waals surface area contributed by atoms with Gasteiger partial charge in [0.1, 0.15) is 6.29 Å². The van der Waals surface area contributed by atoms with Gasteiger partial charge in [0.25, 0.3) is 0 Å². The molecule has 1 fully saturated rings. The smallest absolute Gasteiger partial charge is 0.245 e. The van der Waals surface area contributed by atoms with Crippen LogP contribution in [0.15, 0.2) is 48.5 Å². The Bertz CT molecular complexity index is 936. The molecule has 1 atom stereocenters. The highest BCUT2D eigenvalue weighted by molar-refractivity contribution is 7.92. The van der Waals surface area contributed by atoms with Gasteiger partial charge in [-0.1, -0.05) is 43.3 Å². The summed E-state index contributed by atoms with van der Waals surface area (Å²) in [4.78, 5) is 10.7. The van der Waals surface area contributed by atoms with Crippen molar-refractivity contribution in [2.45, 2.75) is 44.1 Å². The SMILES string of the molecule is CCC(O)C1(c2ccc(N(NCCc3ccc(C=O)cc3)S(C)(=O)=O)cc2)CC1. The summed E-state index contributed by atoms with van der Waals surface area (Å²) in [6.45, 7) is 2.40. The van der Waals surface area contributed by atoms with Crippen molar-refractivity contribution in [3.05, 3.63) is 65.2 Å². The molecule has 7 heteroatoms. The van der Waals surface area contributed by atoms with Crippen LogP contribution in [0.25, 0.3) is 0 Å². The molecule has 0 bridgehead atoms. The minimum absolute atomic E-state index is 0.176. The molecule has 0 spiro atoms. The average molecular weight is 417 g/mol. The molecule has 3 rings (SSSR count). The zero-order valence-corrected chi connectivity index (χ0v) is 17.7. The molecule has 0 aromatic heterocycles. The summed E-state index contributed by atoms with van der Waals surface area (Å²) >= 11 is 0. The number of carbonyl (C=O) groups excluding carboxylic acids is 1. The topological polar surface area (TPSA) is 86.7 Å². The quantitative estimate of drug-likeness (QED) is 0.459. The molecular formula is C22H28N2O4S. The second-order valence-corrected chi connectivity index (χ2v) is 9.50. The van der Waals surface area contributed by atoms with Crippen LogP contribution in [0.2, 0.25) is 0 Å². The number of carbonyl (C=O) groups is 1. The summed E-state index contributed by atoms with van der Waals surface area (Å²) in [6, 6.07) is 14.6. The number of benzene rings is 2. The lowest BCUT2D eigenvalue weighted by Crippen LogP contribution is -2.43. The van der Waals surface area contributed by atoms with Crippen molar-refractivity contribution in [3.63, 3.8) is 0 Å². The number of hydrogen-bond acceptors (Lipinski definition) is 5. The number of nitrogens with one attached hydrogen (secondary N) is 1.